The van der Waals surface area contributed by atoms with Gasteiger partial charge in [-0.15, -0.1) is 0 Å². The lowest BCUT2D eigenvalue weighted by Crippen LogP contribution is -2.40. The van der Waals surface area contributed by atoms with Crippen LogP contribution in [0.2, 0.25) is 0 Å². The van der Waals surface area contributed by atoms with E-state index < -0.39 is 25.1 Å². The van der Waals surface area contributed by atoms with E-state index in [0.717, 1.165) is 0 Å². The van der Waals surface area contributed by atoms with Crippen LogP contribution in [0.15, 0.2) is 0 Å². The van der Waals surface area contributed by atoms with Crippen molar-refractivity contribution < 1.29 is 23.1 Å². The number of amides is 1. The smallest absolute Gasteiger partial charge is 0.408 e. The first-order valence-corrected chi connectivity index (χ1v) is 7.86. The average molecular weight is 295 g/mol. The molecular formula is C12H26NO5P. The van der Waals surface area contributed by atoms with Crippen molar-refractivity contribution in [1.82, 2.24) is 5.32 Å². The third-order valence-electron chi connectivity index (χ3n) is 2.27. The van der Waals surface area contributed by atoms with E-state index in [1.54, 1.807) is 20.8 Å². The molecule has 0 heterocycles. The summed E-state index contributed by atoms with van der Waals surface area (Å²) in [5.74, 6) is -0.504. The molecule has 0 radical (unpaired) electrons. The van der Waals surface area contributed by atoms with Crippen molar-refractivity contribution >= 4 is 13.7 Å². The summed E-state index contributed by atoms with van der Waals surface area (Å²) in [7, 11) is -0.777. The maximum absolute atomic E-state index is 12.4. The van der Waals surface area contributed by atoms with Gasteiger partial charge < -0.3 is 19.1 Å². The predicted octanol–water partition coefficient (Wildman–Crippen LogP) is 3.37. The van der Waals surface area contributed by atoms with Crippen LogP contribution < -0.4 is 5.32 Å². The van der Waals surface area contributed by atoms with Gasteiger partial charge in [-0.3, -0.25) is 4.57 Å². The van der Waals surface area contributed by atoms with E-state index in [1.165, 1.54) is 14.2 Å². The fraction of sp³-hybridized carbons (Fsp3) is 0.917. The van der Waals surface area contributed by atoms with Crippen molar-refractivity contribution in [2.75, 3.05) is 14.2 Å². The van der Waals surface area contributed by atoms with Crippen molar-refractivity contribution in [1.29, 1.82) is 0 Å². The van der Waals surface area contributed by atoms with Crippen molar-refractivity contribution in [3.8, 4) is 0 Å². The highest BCUT2D eigenvalue weighted by Crippen LogP contribution is 2.52. The van der Waals surface area contributed by atoms with Gasteiger partial charge in [0.2, 0.25) is 0 Å². The second kappa shape index (κ2) is 7.27. The van der Waals surface area contributed by atoms with Crippen LogP contribution in [0.4, 0.5) is 4.79 Å². The third kappa shape index (κ3) is 6.95. The Morgan fingerprint density at radius 3 is 2.00 bits per heavy atom. The second-order valence-corrected chi connectivity index (χ2v) is 8.13. The molecule has 6 nitrogen and oxygen atoms in total. The number of nitrogens with one attached hydrogen (secondary N) is 1. The van der Waals surface area contributed by atoms with Crippen molar-refractivity contribution in [3.63, 3.8) is 0 Å². The van der Waals surface area contributed by atoms with Crippen LogP contribution in [-0.4, -0.2) is 31.7 Å². The van der Waals surface area contributed by atoms with E-state index in [-0.39, 0.29) is 5.92 Å². The molecule has 0 bridgehead atoms. The van der Waals surface area contributed by atoms with Crippen LogP contribution in [-0.2, 0) is 18.3 Å². The van der Waals surface area contributed by atoms with Gasteiger partial charge in [0, 0.05) is 14.2 Å². The van der Waals surface area contributed by atoms with Crippen LogP contribution >= 0.6 is 7.60 Å². The Balaban J connectivity index is 4.88. The van der Waals surface area contributed by atoms with Gasteiger partial charge in [-0.1, -0.05) is 13.8 Å². The molecule has 0 aliphatic heterocycles. The van der Waals surface area contributed by atoms with Crippen LogP contribution in [0, 0.1) is 5.92 Å². The molecule has 0 spiro atoms. The minimum atomic E-state index is -3.38. The van der Waals surface area contributed by atoms with Crippen molar-refractivity contribution in [2.45, 2.75) is 52.4 Å². The largest absolute Gasteiger partial charge is 0.444 e. The van der Waals surface area contributed by atoms with Gasteiger partial charge in [0.05, 0.1) is 0 Å². The molecule has 0 aliphatic carbocycles. The summed E-state index contributed by atoms with van der Waals surface area (Å²) in [6.45, 7) is 9.20. The van der Waals surface area contributed by atoms with Gasteiger partial charge in [-0.25, -0.2) is 4.79 Å². The Labute approximate surface area is 115 Å². The molecule has 0 aromatic rings. The minimum Gasteiger partial charge on any atom is -0.444 e. The van der Waals surface area contributed by atoms with E-state index in [0.29, 0.717) is 6.42 Å². The number of hydrogen-bond donors (Lipinski definition) is 1. The zero-order valence-electron chi connectivity index (χ0n) is 12.9. The molecule has 0 rings (SSSR count). The van der Waals surface area contributed by atoms with Crippen LogP contribution in [0.5, 0.6) is 0 Å². The van der Waals surface area contributed by atoms with Crippen LogP contribution in [0.1, 0.15) is 41.0 Å². The zero-order chi connectivity index (χ0) is 15.3. The molecule has 1 atom stereocenters. The van der Waals surface area contributed by atoms with Gasteiger partial charge in [0.25, 0.3) is 0 Å². The van der Waals surface area contributed by atoms with E-state index in [1.807, 2.05) is 13.8 Å². The minimum absolute atomic E-state index is 0.221. The molecule has 0 fully saturated rings. The molecule has 0 aromatic heterocycles. The summed E-state index contributed by atoms with van der Waals surface area (Å²) >= 11 is 0. The lowest BCUT2D eigenvalue weighted by Gasteiger charge is -2.28. The SMILES string of the molecule is COP(=O)(OC)C(CC(C)C)NC(=O)OC(C)(C)C. The summed E-state index contributed by atoms with van der Waals surface area (Å²) in [5.41, 5.74) is -0.614. The Morgan fingerprint density at radius 1 is 1.21 bits per heavy atom. The van der Waals surface area contributed by atoms with Crippen LogP contribution in [0.3, 0.4) is 0 Å². The predicted molar refractivity (Wildman–Crippen MR) is 74.2 cm³/mol. The third-order valence-corrected chi connectivity index (χ3v) is 4.39. The summed E-state index contributed by atoms with van der Waals surface area (Å²) in [6.07, 6.45) is -0.162. The van der Waals surface area contributed by atoms with Crippen molar-refractivity contribution in [3.05, 3.63) is 0 Å². The molecule has 1 unspecified atom stereocenters. The Morgan fingerprint density at radius 2 is 1.68 bits per heavy atom. The number of hydrogen-bond acceptors (Lipinski definition) is 5. The lowest BCUT2D eigenvalue weighted by atomic mass is 10.1. The second-order valence-electron chi connectivity index (χ2n) is 5.70. The van der Waals surface area contributed by atoms with Gasteiger partial charge >= 0.3 is 13.7 Å². The summed E-state index contributed by atoms with van der Waals surface area (Å²) in [6, 6.07) is 0. The fourth-order valence-corrected chi connectivity index (χ4v) is 3.09. The number of carbonyl (C=O) groups is 1. The Kier molecular flexibility index (Phi) is 7.05. The van der Waals surface area contributed by atoms with E-state index in [4.69, 9.17) is 13.8 Å². The van der Waals surface area contributed by atoms with E-state index in [9.17, 15) is 9.36 Å². The molecule has 0 aliphatic rings. The zero-order valence-corrected chi connectivity index (χ0v) is 13.7. The molecule has 1 N–H and O–H groups in total. The quantitative estimate of drug-likeness (QED) is 0.760. The molecule has 1 amide bonds. The van der Waals surface area contributed by atoms with Gasteiger partial charge in [0.15, 0.2) is 0 Å². The molecule has 0 aromatic carbocycles. The first-order chi connectivity index (χ1) is 8.54. The number of carbonyl (C=O) groups excluding carboxylic acids is 1. The highest BCUT2D eigenvalue weighted by molar-refractivity contribution is 7.54. The number of ether oxygens (including phenoxy) is 1. The molecule has 0 saturated carbocycles. The molecule has 0 saturated heterocycles. The van der Waals surface area contributed by atoms with Gasteiger partial charge in [-0.2, -0.15) is 0 Å². The first kappa shape index (κ1) is 18.4. The summed E-state index contributed by atoms with van der Waals surface area (Å²) in [4.78, 5) is 11.8. The normalized spacial score (nSPS) is 14.3. The highest BCUT2D eigenvalue weighted by atomic mass is 31.2. The molecule has 19 heavy (non-hydrogen) atoms. The highest BCUT2D eigenvalue weighted by Gasteiger charge is 2.36. The number of alkyl carbamates (subject to hydrolysis) is 1. The van der Waals surface area contributed by atoms with E-state index in [2.05, 4.69) is 5.32 Å². The van der Waals surface area contributed by atoms with Gasteiger partial charge in [0.1, 0.15) is 11.4 Å². The Hall–Kier alpha value is -0.580. The summed E-state index contributed by atoms with van der Waals surface area (Å²) in [5, 5.41) is 2.57. The summed E-state index contributed by atoms with van der Waals surface area (Å²) < 4.78 is 27.4. The maximum Gasteiger partial charge on any atom is 0.408 e. The van der Waals surface area contributed by atoms with Crippen molar-refractivity contribution in [2.24, 2.45) is 5.92 Å². The molecule has 7 heteroatoms. The van der Waals surface area contributed by atoms with E-state index >= 15 is 0 Å². The molecule has 114 valence electrons. The first-order valence-electron chi connectivity index (χ1n) is 6.24. The Bertz CT molecular complexity index is 330. The standard InChI is InChI=1S/C12H26NO5P/c1-9(2)8-10(19(15,16-6)17-7)13-11(14)18-12(3,4)5/h9-10H,8H2,1-7H3,(H,13,14). The van der Waals surface area contributed by atoms with Gasteiger partial charge in [-0.05, 0) is 33.1 Å². The fourth-order valence-electron chi connectivity index (χ4n) is 1.49. The maximum atomic E-state index is 12.4. The average Bonchev–Trinajstić information content (AvgIpc) is 2.24. The molecular weight excluding hydrogens is 269 g/mol. The van der Waals surface area contributed by atoms with Crippen LogP contribution in [0.25, 0.3) is 0 Å². The topological polar surface area (TPSA) is 73.9 Å². The monoisotopic (exact) mass is 295 g/mol. The number of rotatable bonds is 6. The lowest BCUT2D eigenvalue weighted by molar-refractivity contribution is 0.0507.